The second kappa shape index (κ2) is 12.4. The molecule has 0 atom stereocenters. The Morgan fingerprint density at radius 1 is 1.29 bits per heavy atom. The number of para-hydroxylation sites is 1. The van der Waals surface area contributed by atoms with Gasteiger partial charge in [0, 0.05) is 45.3 Å². The molecule has 6 heteroatoms. The number of ether oxygens (including phenoxy) is 1. The lowest BCUT2D eigenvalue weighted by Crippen LogP contribution is -2.43. The largest absolute Gasteiger partial charge is 0.496 e. The molecule has 0 aliphatic carbocycles. The Morgan fingerprint density at radius 2 is 1.96 bits per heavy atom. The zero-order chi connectivity index (χ0) is 17.2. The number of hydrogen-bond donors (Lipinski definition) is 1. The van der Waals surface area contributed by atoms with Crippen LogP contribution in [0.25, 0.3) is 0 Å². The lowest BCUT2D eigenvalue weighted by atomic mass is 10.2. The van der Waals surface area contributed by atoms with Gasteiger partial charge in [-0.05, 0) is 26.5 Å². The Labute approximate surface area is 164 Å². The lowest BCUT2D eigenvalue weighted by molar-refractivity contribution is 0.236. The molecule has 1 rings (SSSR count). The van der Waals surface area contributed by atoms with Gasteiger partial charge in [0.05, 0.1) is 7.11 Å². The quantitative estimate of drug-likeness (QED) is 0.377. The maximum Gasteiger partial charge on any atom is 0.193 e. The van der Waals surface area contributed by atoms with Gasteiger partial charge in [-0.25, -0.2) is 0 Å². The van der Waals surface area contributed by atoms with E-state index in [1.54, 1.807) is 7.11 Å². The maximum absolute atomic E-state index is 5.42. The van der Waals surface area contributed by atoms with Crippen LogP contribution in [-0.4, -0.2) is 62.6 Å². The molecule has 0 heterocycles. The van der Waals surface area contributed by atoms with Crippen molar-refractivity contribution in [1.29, 1.82) is 0 Å². The van der Waals surface area contributed by atoms with Crippen molar-refractivity contribution in [2.45, 2.75) is 33.4 Å². The van der Waals surface area contributed by atoms with E-state index >= 15 is 0 Å². The molecular formula is C18H33IN4O. The number of benzene rings is 1. The van der Waals surface area contributed by atoms with Crippen molar-refractivity contribution in [2.75, 3.05) is 40.8 Å². The molecule has 1 N–H and O–H groups in total. The molecule has 0 spiro atoms. The highest BCUT2D eigenvalue weighted by Gasteiger charge is 2.11. The van der Waals surface area contributed by atoms with E-state index in [1.807, 2.05) is 32.3 Å². The third kappa shape index (κ3) is 7.25. The maximum atomic E-state index is 5.42. The molecule has 24 heavy (non-hydrogen) atoms. The predicted octanol–water partition coefficient (Wildman–Crippen LogP) is 3.05. The minimum absolute atomic E-state index is 0. The standard InChI is InChI=1S/C18H32N4O.HI/c1-7-22(15(2)3)13-12-20-18(19-4)21(5)14-16-10-8-9-11-17(16)23-6;/h8-11,15H,7,12-14H2,1-6H3,(H,19,20);1H. The van der Waals surface area contributed by atoms with Gasteiger partial charge in [-0.15, -0.1) is 24.0 Å². The van der Waals surface area contributed by atoms with Gasteiger partial charge in [0.2, 0.25) is 0 Å². The molecule has 0 fully saturated rings. The summed E-state index contributed by atoms with van der Waals surface area (Å²) < 4.78 is 5.42. The van der Waals surface area contributed by atoms with Gasteiger partial charge in [0.15, 0.2) is 5.96 Å². The van der Waals surface area contributed by atoms with E-state index in [4.69, 9.17) is 4.74 Å². The van der Waals surface area contributed by atoms with Gasteiger partial charge in [-0.1, -0.05) is 25.1 Å². The Kier molecular flexibility index (Phi) is 11.8. The molecule has 0 aliphatic rings. The Balaban J connectivity index is 0.00000529. The summed E-state index contributed by atoms with van der Waals surface area (Å²) in [5.41, 5.74) is 1.15. The van der Waals surface area contributed by atoms with Gasteiger partial charge in [0.25, 0.3) is 0 Å². The van der Waals surface area contributed by atoms with Crippen molar-refractivity contribution in [3.8, 4) is 5.75 Å². The fourth-order valence-electron chi connectivity index (χ4n) is 2.64. The summed E-state index contributed by atoms with van der Waals surface area (Å²) in [4.78, 5) is 8.92. The zero-order valence-electron chi connectivity index (χ0n) is 15.9. The molecule has 1 aromatic rings. The highest BCUT2D eigenvalue weighted by Crippen LogP contribution is 2.18. The van der Waals surface area contributed by atoms with Gasteiger partial charge < -0.3 is 15.0 Å². The van der Waals surface area contributed by atoms with E-state index in [2.05, 4.69) is 46.9 Å². The molecule has 0 radical (unpaired) electrons. The summed E-state index contributed by atoms with van der Waals surface area (Å²) in [6.45, 7) is 10.4. The van der Waals surface area contributed by atoms with Crippen LogP contribution in [0, 0.1) is 0 Å². The van der Waals surface area contributed by atoms with E-state index in [0.717, 1.165) is 43.5 Å². The summed E-state index contributed by atoms with van der Waals surface area (Å²) in [5.74, 6) is 1.81. The summed E-state index contributed by atoms with van der Waals surface area (Å²) in [6.07, 6.45) is 0. The van der Waals surface area contributed by atoms with Gasteiger partial charge in [-0.3, -0.25) is 9.89 Å². The number of guanidine groups is 1. The fraction of sp³-hybridized carbons (Fsp3) is 0.611. The summed E-state index contributed by atoms with van der Waals surface area (Å²) >= 11 is 0. The number of methoxy groups -OCH3 is 1. The third-order valence-electron chi connectivity index (χ3n) is 3.99. The molecule has 0 bridgehead atoms. The van der Waals surface area contributed by atoms with Crippen LogP contribution in [0.15, 0.2) is 29.3 Å². The van der Waals surface area contributed by atoms with Crippen molar-refractivity contribution in [3.05, 3.63) is 29.8 Å². The molecule has 5 nitrogen and oxygen atoms in total. The second-order valence-corrected chi connectivity index (χ2v) is 5.86. The van der Waals surface area contributed by atoms with Crippen molar-refractivity contribution in [2.24, 2.45) is 4.99 Å². The van der Waals surface area contributed by atoms with E-state index in [0.29, 0.717) is 6.04 Å². The minimum atomic E-state index is 0. The Morgan fingerprint density at radius 3 is 2.50 bits per heavy atom. The van der Waals surface area contributed by atoms with Gasteiger partial charge in [-0.2, -0.15) is 0 Å². The topological polar surface area (TPSA) is 40.1 Å². The fourth-order valence-corrected chi connectivity index (χ4v) is 2.64. The van der Waals surface area contributed by atoms with E-state index in [9.17, 15) is 0 Å². The molecule has 0 saturated heterocycles. The number of hydrogen-bond acceptors (Lipinski definition) is 3. The highest BCUT2D eigenvalue weighted by atomic mass is 127. The summed E-state index contributed by atoms with van der Waals surface area (Å²) in [6, 6.07) is 8.65. The van der Waals surface area contributed by atoms with Crippen LogP contribution in [0.3, 0.4) is 0 Å². The first-order valence-electron chi connectivity index (χ1n) is 8.31. The van der Waals surface area contributed by atoms with Gasteiger partial charge >= 0.3 is 0 Å². The first kappa shape index (κ1) is 23.0. The zero-order valence-corrected chi connectivity index (χ0v) is 18.2. The Bertz CT molecular complexity index is 494. The molecular weight excluding hydrogens is 415 g/mol. The monoisotopic (exact) mass is 448 g/mol. The highest BCUT2D eigenvalue weighted by molar-refractivity contribution is 14.0. The number of rotatable bonds is 8. The van der Waals surface area contributed by atoms with Crippen molar-refractivity contribution < 1.29 is 4.74 Å². The van der Waals surface area contributed by atoms with Crippen molar-refractivity contribution >= 4 is 29.9 Å². The number of nitrogens with zero attached hydrogens (tertiary/aromatic N) is 3. The minimum Gasteiger partial charge on any atom is -0.496 e. The summed E-state index contributed by atoms with van der Waals surface area (Å²) in [5, 5.41) is 3.44. The van der Waals surface area contributed by atoms with Crippen LogP contribution in [-0.2, 0) is 6.54 Å². The van der Waals surface area contributed by atoms with Crippen LogP contribution in [0.2, 0.25) is 0 Å². The normalized spacial score (nSPS) is 11.4. The predicted molar refractivity (Wildman–Crippen MR) is 114 cm³/mol. The van der Waals surface area contributed by atoms with E-state index in [-0.39, 0.29) is 24.0 Å². The van der Waals surface area contributed by atoms with Crippen LogP contribution in [0.5, 0.6) is 5.75 Å². The van der Waals surface area contributed by atoms with Crippen molar-refractivity contribution in [1.82, 2.24) is 15.1 Å². The average molecular weight is 448 g/mol. The molecule has 0 unspecified atom stereocenters. The first-order chi connectivity index (χ1) is 11.0. The summed E-state index contributed by atoms with van der Waals surface area (Å²) in [7, 11) is 5.57. The molecule has 0 aromatic heterocycles. The molecule has 0 saturated carbocycles. The van der Waals surface area contributed by atoms with Crippen molar-refractivity contribution in [3.63, 3.8) is 0 Å². The van der Waals surface area contributed by atoms with Crippen LogP contribution >= 0.6 is 24.0 Å². The number of nitrogens with one attached hydrogen (secondary N) is 1. The second-order valence-electron chi connectivity index (χ2n) is 5.86. The smallest absolute Gasteiger partial charge is 0.193 e. The molecule has 138 valence electrons. The van der Waals surface area contributed by atoms with E-state index in [1.165, 1.54) is 0 Å². The van der Waals surface area contributed by atoms with Crippen LogP contribution in [0.1, 0.15) is 26.3 Å². The third-order valence-corrected chi connectivity index (χ3v) is 3.99. The number of aliphatic imine (C=N–C) groups is 1. The average Bonchev–Trinajstić information content (AvgIpc) is 2.55. The van der Waals surface area contributed by atoms with Gasteiger partial charge in [0.1, 0.15) is 5.75 Å². The molecule has 0 aliphatic heterocycles. The van der Waals surface area contributed by atoms with Crippen LogP contribution in [0.4, 0.5) is 0 Å². The Hall–Kier alpha value is -1.02. The van der Waals surface area contributed by atoms with Crippen LogP contribution < -0.4 is 10.1 Å². The number of halogens is 1. The molecule has 0 amide bonds. The number of likely N-dealkylation sites (N-methyl/N-ethyl adjacent to an activating group) is 1. The lowest BCUT2D eigenvalue weighted by Gasteiger charge is -2.27. The van der Waals surface area contributed by atoms with E-state index < -0.39 is 0 Å². The SMILES string of the molecule is CCN(CCNC(=NC)N(C)Cc1ccccc1OC)C(C)C.I. The molecule has 1 aromatic carbocycles. The first-order valence-corrected chi connectivity index (χ1v) is 8.31.